The maximum Gasteiger partial charge on any atom is 0.321 e. The van der Waals surface area contributed by atoms with Gasteiger partial charge < -0.3 is 20.1 Å². The lowest BCUT2D eigenvalue weighted by atomic mass is 10.2. The van der Waals surface area contributed by atoms with E-state index < -0.39 is 21.8 Å². The summed E-state index contributed by atoms with van der Waals surface area (Å²) in [5.41, 5.74) is 0.732. The summed E-state index contributed by atoms with van der Waals surface area (Å²) >= 11 is 1.40. The van der Waals surface area contributed by atoms with Crippen molar-refractivity contribution in [2.75, 3.05) is 24.3 Å². The minimum absolute atomic E-state index is 0.0244. The zero-order valence-electron chi connectivity index (χ0n) is 20.7. The largest absolute Gasteiger partial charge is 0.481 e. The number of amides is 2. The van der Waals surface area contributed by atoms with Crippen molar-refractivity contribution in [3.63, 3.8) is 0 Å². The molecule has 0 atom stereocenters. The Kier molecular flexibility index (Phi) is 8.53. The van der Waals surface area contributed by atoms with E-state index in [1.54, 1.807) is 36.4 Å². The van der Waals surface area contributed by atoms with Crippen molar-refractivity contribution >= 4 is 50.8 Å². The van der Waals surface area contributed by atoms with Crippen LogP contribution in [0.3, 0.4) is 0 Å². The molecule has 0 aliphatic heterocycles. The van der Waals surface area contributed by atoms with E-state index in [0.717, 1.165) is 4.88 Å². The van der Waals surface area contributed by atoms with E-state index in [9.17, 15) is 18.0 Å². The number of methoxy groups -OCH3 is 2. The first kappa shape index (κ1) is 27.3. The Morgan fingerprint density at radius 3 is 2.31 bits per heavy atom. The molecule has 13 heteroatoms. The minimum atomic E-state index is -4.04. The average Bonchev–Trinajstić information content (AvgIpc) is 3.46. The van der Waals surface area contributed by atoms with Gasteiger partial charge in [-0.2, -0.15) is 9.97 Å². The second-order valence-corrected chi connectivity index (χ2v) is 10.4. The van der Waals surface area contributed by atoms with Crippen LogP contribution >= 0.6 is 11.3 Å². The van der Waals surface area contributed by atoms with Crippen molar-refractivity contribution in [3.8, 4) is 11.9 Å². The fourth-order valence-corrected chi connectivity index (χ4v) is 4.87. The van der Waals surface area contributed by atoms with Gasteiger partial charge in [-0.1, -0.05) is 24.3 Å². The van der Waals surface area contributed by atoms with Crippen molar-refractivity contribution in [2.24, 2.45) is 0 Å². The molecular formula is C26H23N5O6S2. The third kappa shape index (κ3) is 7.18. The number of rotatable bonds is 10. The van der Waals surface area contributed by atoms with E-state index in [1.807, 2.05) is 17.5 Å². The number of aromatic nitrogens is 2. The summed E-state index contributed by atoms with van der Waals surface area (Å²) in [4.78, 5) is 34.4. The zero-order valence-corrected chi connectivity index (χ0v) is 22.4. The molecule has 4 rings (SSSR count). The van der Waals surface area contributed by atoms with Gasteiger partial charge in [0.05, 0.1) is 19.1 Å². The van der Waals surface area contributed by atoms with Gasteiger partial charge in [-0.3, -0.25) is 14.3 Å². The summed E-state index contributed by atoms with van der Waals surface area (Å²) in [6.45, 7) is 0. The Morgan fingerprint density at radius 1 is 0.923 bits per heavy atom. The number of nitrogens with zero attached hydrogens (tertiary/aromatic N) is 2. The molecule has 0 saturated carbocycles. The number of anilines is 2. The Balaban J connectivity index is 1.50. The normalized spacial score (nSPS) is 11.4. The molecule has 2 amide bonds. The topological polar surface area (TPSA) is 149 Å². The maximum atomic E-state index is 13.1. The second kappa shape index (κ2) is 12.2. The highest BCUT2D eigenvalue weighted by molar-refractivity contribution is 7.92. The Labute approximate surface area is 228 Å². The van der Waals surface area contributed by atoms with Crippen LogP contribution in [0.4, 0.5) is 11.5 Å². The molecule has 2 aromatic heterocycles. The smallest absolute Gasteiger partial charge is 0.321 e. The average molecular weight is 566 g/mol. The van der Waals surface area contributed by atoms with Crippen LogP contribution in [0.5, 0.6) is 11.9 Å². The Bertz CT molecular complexity index is 1570. The zero-order chi connectivity index (χ0) is 27.8. The molecule has 200 valence electrons. The van der Waals surface area contributed by atoms with Gasteiger partial charge in [0, 0.05) is 22.2 Å². The molecule has 0 saturated heterocycles. The Morgan fingerprint density at radius 2 is 1.67 bits per heavy atom. The highest BCUT2D eigenvalue weighted by Gasteiger charge is 2.19. The maximum absolute atomic E-state index is 13.1. The van der Waals surface area contributed by atoms with Gasteiger partial charge in [0.25, 0.3) is 21.8 Å². The molecule has 0 aliphatic carbocycles. The van der Waals surface area contributed by atoms with Crippen molar-refractivity contribution < 1.29 is 27.5 Å². The lowest BCUT2D eigenvalue weighted by Crippen LogP contribution is -2.30. The van der Waals surface area contributed by atoms with Gasteiger partial charge >= 0.3 is 6.01 Å². The van der Waals surface area contributed by atoms with Crippen LogP contribution in [0, 0.1) is 0 Å². The molecule has 0 unspecified atom stereocenters. The van der Waals surface area contributed by atoms with E-state index in [1.165, 1.54) is 55.9 Å². The molecule has 0 radical (unpaired) electrons. The van der Waals surface area contributed by atoms with Crippen LogP contribution < -0.4 is 24.8 Å². The van der Waals surface area contributed by atoms with Crippen molar-refractivity contribution in [2.45, 2.75) is 4.90 Å². The summed E-state index contributed by atoms with van der Waals surface area (Å²) in [5.74, 6) is -0.961. The van der Waals surface area contributed by atoms with Crippen LogP contribution in [0.2, 0.25) is 0 Å². The highest BCUT2D eigenvalue weighted by atomic mass is 32.2. The fourth-order valence-electron chi connectivity index (χ4n) is 3.22. The predicted molar refractivity (Wildman–Crippen MR) is 147 cm³/mol. The summed E-state index contributed by atoms with van der Waals surface area (Å²) in [6.07, 6.45) is 1.56. The van der Waals surface area contributed by atoms with Crippen LogP contribution in [0.15, 0.2) is 88.8 Å². The van der Waals surface area contributed by atoms with E-state index >= 15 is 0 Å². The van der Waals surface area contributed by atoms with Crippen molar-refractivity contribution in [1.29, 1.82) is 0 Å². The molecule has 11 nitrogen and oxygen atoms in total. The number of thiophene rings is 1. The standard InChI is InChI=1S/C26H23N5O6S2/c1-36-23-16-22(29-26(30-23)37-2)31-39(34,35)20-12-10-18(11-13-20)27-25(33)21(15-19-9-6-14-38-19)28-24(32)17-7-4-3-5-8-17/h3-16H,1-2H3,(H,27,33)(H,28,32)(H,29,30,31). The molecule has 0 fully saturated rings. The number of carbonyl (C=O) groups is 2. The van der Waals surface area contributed by atoms with Gasteiger partial charge in [0.1, 0.15) is 5.70 Å². The van der Waals surface area contributed by atoms with E-state index in [2.05, 4.69) is 25.3 Å². The van der Waals surface area contributed by atoms with Crippen LogP contribution in [-0.2, 0) is 14.8 Å². The summed E-state index contributed by atoms with van der Waals surface area (Å²) in [5, 5.41) is 7.18. The number of hydrogen-bond acceptors (Lipinski definition) is 9. The molecule has 0 aliphatic rings. The molecule has 39 heavy (non-hydrogen) atoms. The SMILES string of the molecule is COc1cc(NS(=O)(=O)c2ccc(NC(=O)C(=Cc3cccs3)NC(=O)c3ccccc3)cc2)nc(OC)n1. The number of sulfonamides is 1. The molecular weight excluding hydrogens is 542 g/mol. The quantitative estimate of drug-likeness (QED) is 0.246. The van der Waals surface area contributed by atoms with Gasteiger partial charge in [0.2, 0.25) is 5.88 Å². The summed E-state index contributed by atoms with van der Waals surface area (Å²) in [6, 6.07) is 18.9. The number of carbonyl (C=O) groups excluding carboxylic acids is 2. The first-order valence-electron chi connectivity index (χ1n) is 11.3. The van der Waals surface area contributed by atoms with Crippen molar-refractivity contribution in [1.82, 2.24) is 15.3 Å². The van der Waals surface area contributed by atoms with Gasteiger partial charge in [0.15, 0.2) is 5.82 Å². The lowest BCUT2D eigenvalue weighted by molar-refractivity contribution is -0.113. The van der Waals surface area contributed by atoms with Crippen LogP contribution in [0.25, 0.3) is 6.08 Å². The third-order valence-corrected chi connectivity index (χ3v) is 7.28. The molecule has 4 aromatic rings. The summed E-state index contributed by atoms with van der Waals surface area (Å²) in [7, 11) is -1.32. The number of hydrogen-bond donors (Lipinski definition) is 3. The molecule has 0 spiro atoms. The molecule has 0 bridgehead atoms. The van der Waals surface area contributed by atoms with Crippen molar-refractivity contribution in [3.05, 3.63) is 94.3 Å². The second-order valence-electron chi connectivity index (χ2n) is 7.76. The number of nitrogens with one attached hydrogen (secondary N) is 3. The van der Waals surface area contributed by atoms with E-state index in [-0.39, 0.29) is 28.3 Å². The van der Waals surface area contributed by atoms with Gasteiger partial charge in [-0.25, -0.2) is 8.42 Å². The van der Waals surface area contributed by atoms with Gasteiger partial charge in [-0.05, 0) is 53.9 Å². The van der Waals surface area contributed by atoms with E-state index in [0.29, 0.717) is 11.3 Å². The fraction of sp³-hybridized carbons (Fsp3) is 0.0769. The monoisotopic (exact) mass is 565 g/mol. The minimum Gasteiger partial charge on any atom is -0.481 e. The number of benzene rings is 2. The predicted octanol–water partition coefficient (Wildman–Crippen LogP) is 3.77. The number of ether oxygens (including phenoxy) is 2. The Hall–Kier alpha value is -4.75. The first-order valence-corrected chi connectivity index (χ1v) is 13.7. The highest BCUT2D eigenvalue weighted by Crippen LogP contribution is 2.22. The lowest BCUT2D eigenvalue weighted by Gasteiger charge is -2.12. The van der Waals surface area contributed by atoms with E-state index in [4.69, 9.17) is 9.47 Å². The molecule has 2 heterocycles. The van der Waals surface area contributed by atoms with Gasteiger partial charge in [-0.15, -0.1) is 11.3 Å². The molecule has 3 N–H and O–H groups in total. The van der Waals surface area contributed by atoms with Crippen LogP contribution in [0.1, 0.15) is 15.2 Å². The summed E-state index contributed by atoms with van der Waals surface area (Å²) < 4.78 is 38.1. The van der Waals surface area contributed by atoms with Crippen LogP contribution in [-0.4, -0.2) is 44.4 Å². The third-order valence-electron chi connectivity index (χ3n) is 5.09. The first-order chi connectivity index (χ1) is 18.8. The molecule has 2 aromatic carbocycles.